The van der Waals surface area contributed by atoms with Crippen LogP contribution in [0.5, 0.6) is 0 Å². The molecule has 0 radical (unpaired) electrons. The minimum absolute atomic E-state index is 0.233. The van der Waals surface area contributed by atoms with Gasteiger partial charge in [0.25, 0.3) is 0 Å². The van der Waals surface area contributed by atoms with E-state index in [1.807, 2.05) is 0 Å². The van der Waals surface area contributed by atoms with Crippen LogP contribution in [-0.4, -0.2) is 23.6 Å². The third kappa shape index (κ3) is 0.942. The summed E-state index contributed by atoms with van der Waals surface area (Å²) in [6.45, 7) is 2.49. The first-order valence-electron chi connectivity index (χ1n) is 10.6. The Bertz CT molecular complexity index is 589. The van der Waals surface area contributed by atoms with E-state index in [2.05, 4.69) is 19.3 Å². The largest absolute Gasteiger partial charge is 0.316 e. The molecule has 10 atom stereocenters. The summed E-state index contributed by atoms with van der Waals surface area (Å²) in [5.41, 5.74) is 1.84. The summed E-state index contributed by atoms with van der Waals surface area (Å²) in [6.07, 6.45) is 16.0. The second-order valence-electron chi connectivity index (χ2n) is 10.7. The molecule has 7 fully saturated rings. The van der Waals surface area contributed by atoms with Crippen molar-refractivity contribution < 1.29 is 0 Å². The second kappa shape index (κ2) is 3.59. The molecular weight excluding hydrogens is 297 g/mol. The minimum Gasteiger partial charge on any atom is -0.316 e. The molecule has 0 aliphatic heterocycles. The number of rotatable bonds is 5. The summed E-state index contributed by atoms with van der Waals surface area (Å²) in [6, 6.07) is 0. The highest BCUT2D eigenvalue weighted by molar-refractivity contribution is 7.61. The van der Waals surface area contributed by atoms with Crippen LogP contribution in [0.2, 0.25) is 0 Å². The van der Waals surface area contributed by atoms with E-state index in [9.17, 15) is 0 Å². The predicted octanol–water partition coefficient (Wildman–Crippen LogP) is 4.80. The Morgan fingerprint density at radius 2 is 1.70 bits per heavy atom. The van der Waals surface area contributed by atoms with Crippen LogP contribution in [0, 0.1) is 40.4 Å². The molecule has 2 spiro atoms. The lowest BCUT2D eigenvalue weighted by Crippen LogP contribution is -2.90. The van der Waals surface area contributed by atoms with Gasteiger partial charge in [-0.2, -0.15) is 0 Å². The fourth-order valence-corrected chi connectivity index (χ4v) is 16.4. The molecule has 2 heteroatoms. The van der Waals surface area contributed by atoms with Gasteiger partial charge in [0.05, 0.1) is 0 Å². The van der Waals surface area contributed by atoms with E-state index in [0.29, 0.717) is 0 Å². The number of hydrogen-bond donors (Lipinski definition) is 1. The summed E-state index contributed by atoms with van der Waals surface area (Å²) in [5.74, 6) is 5.90. The Morgan fingerprint density at radius 1 is 0.957 bits per heavy atom. The molecule has 7 rings (SSSR count). The van der Waals surface area contributed by atoms with Crippen molar-refractivity contribution in [3.63, 3.8) is 0 Å². The smallest absolute Gasteiger partial charge is 0.0163 e. The van der Waals surface area contributed by atoms with Gasteiger partial charge in [-0.15, -0.1) is 0 Å². The van der Waals surface area contributed by atoms with Gasteiger partial charge in [-0.25, -0.2) is 0 Å². The first-order valence-corrected chi connectivity index (χ1v) is 12.1. The quantitative estimate of drug-likeness (QED) is 0.714. The Balaban J connectivity index is 1.29. The monoisotopic (exact) mass is 329 g/mol. The third-order valence-corrected chi connectivity index (χ3v) is 15.6. The molecule has 0 heterocycles. The van der Waals surface area contributed by atoms with Crippen molar-refractivity contribution in [1.29, 1.82) is 0 Å². The molecule has 7 aliphatic rings. The lowest BCUT2D eigenvalue weighted by atomic mass is 9.18. The summed E-state index contributed by atoms with van der Waals surface area (Å²) in [4.78, 5) is 0. The molecule has 9 unspecified atom stereocenters. The fourth-order valence-electron chi connectivity index (χ4n) is 10.9. The van der Waals surface area contributed by atoms with E-state index < -0.39 is 0 Å². The Labute approximate surface area is 142 Å². The van der Waals surface area contributed by atoms with Gasteiger partial charge in [-0.05, 0) is 109 Å². The highest BCUT2D eigenvalue weighted by Gasteiger charge is 2.92. The van der Waals surface area contributed by atoms with Crippen LogP contribution in [-0.2, 0) is 0 Å². The van der Waals surface area contributed by atoms with Gasteiger partial charge >= 0.3 is 0 Å². The molecule has 0 bridgehead atoms. The summed E-state index contributed by atoms with van der Waals surface area (Å²) in [7, 11) is 2.49. The zero-order valence-corrected chi connectivity index (χ0v) is 15.8. The van der Waals surface area contributed by atoms with Gasteiger partial charge in [0.15, 0.2) is 0 Å². The highest BCUT2D eigenvalue weighted by atomic mass is 31.1. The molecule has 7 aliphatic carbocycles. The molecule has 0 aromatic heterocycles. The summed E-state index contributed by atoms with van der Waals surface area (Å²) in [5, 5.41) is 5.50. The molecular formula is C21H32NP. The van der Waals surface area contributed by atoms with E-state index in [0.717, 1.165) is 27.1 Å². The van der Waals surface area contributed by atoms with Crippen molar-refractivity contribution in [2.45, 2.75) is 75.0 Å². The van der Waals surface area contributed by atoms with Gasteiger partial charge in [0.2, 0.25) is 0 Å². The van der Waals surface area contributed by atoms with Gasteiger partial charge < -0.3 is 5.32 Å². The number of nitrogens with one attached hydrogen (secondary N) is 1. The van der Waals surface area contributed by atoms with Gasteiger partial charge in [0.1, 0.15) is 0 Å². The Kier molecular flexibility index (Phi) is 2.12. The van der Waals surface area contributed by atoms with Crippen LogP contribution in [0.1, 0.15) is 64.7 Å². The third-order valence-electron chi connectivity index (χ3n) is 11.4. The maximum absolute atomic E-state index is 3.73. The van der Waals surface area contributed by atoms with E-state index in [1.54, 1.807) is 51.4 Å². The van der Waals surface area contributed by atoms with Crippen molar-refractivity contribution in [3.8, 4) is 0 Å². The normalized spacial score (nSPS) is 69.4. The highest BCUT2D eigenvalue weighted by Crippen LogP contribution is 3.01. The topological polar surface area (TPSA) is 12.0 Å². The maximum Gasteiger partial charge on any atom is 0.0163 e. The van der Waals surface area contributed by atoms with Crippen molar-refractivity contribution in [2.75, 3.05) is 13.3 Å². The van der Waals surface area contributed by atoms with Crippen LogP contribution in [0.25, 0.3) is 0 Å². The molecule has 1 nitrogen and oxygen atoms in total. The number of hydrogen-bond acceptors (Lipinski definition) is 1. The maximum atomic E-state index is 3.73. The molecule has 0 aromatic rings. The average molecular weight is 329 g/mol. The average Bonchev–Trinajstić information content (AvgIpc) is 2.42. The van der Waals surface area contributed by atoms with E-state index in [4.69, 9.17) is 0 Å². The summed E-state index contributed by atoms with van der Waals surface area (Å²) < 4.78 is 0. The first kappa shape index (κ1) is 13.6. The lowest BCUT2D eigenvalue weighted by molar-refractivity contribution is -0.362. The molecule has 7 saturated carbocycles. The van der Waals surface area contributed by atoms with Gasteiger partial charge in [-0.1, -0.05) is 21.3 Å². The Morgan fingerprint density at radius 3 is 2.17 bits per heavy atom. The molecule has 1 N–H and O–H groups in total. The first-order chi connectivity index (χ1) is 11.2. The van der Waals surface area contributed by atoms with Crippen molar-refractivity contribution in [1.82, 2.24) is 5.32 Å². The standard InChI is InChI=1S/C21H32NP/c1-3-13-8-18(9-14-4-5-20(13,14)18)23(12-22-2)19-10-16-6-15-7-17(11-19)21(15,16)19/h13-17,22H,3-12H2,1-2H3/t13?,14?,15?,16-,17?,18?,19?,20?,21?,23?/m1/s1. The van der Waals surface area contributed by atoms with Crippen LogP contribution in [0.3, 0.4) is 0 Å². The second-order valence-corrected chi connectivity index (χ2v) is 13.6. The molecule has 0 saturated heterocycles. The van der Waals surface area contributed by atoms with Crippen molar-refractivity contribution in [2.24, 2.45) is 40.4 Å². The van der Waals surface area contributed by atoms with Gasteiger partial charge in [-0.3, -0.25) is 0 Å². The van der Waals surface area contributed by atoms with Crippen LogP contribution < -0.4 is 5.32 Å². The van der Waals surface area contributed by atoms with Gasteiger partial charge in [0, 0.05) is 6.29 Å². The minimum atomic E-state index is 0.233. The predicted molar refractivity (Wildman–Crippen MR) is 95.9 cm³/mol. The van der Waals surface area contributed by atoms with Crippen LogP contribution >= 0.6 is 7.92 Å². The fraction of sp³-hybridized carbons (Fsp3) is 1.00. The molecule has 126 valence electrons. The summed E-state index contributed by atoms with van der Waals surface area (Å²) >= 11 is 0. The lowest BCUT2D eigenvalue weighted by Gasteiger charge is -2.96. The van der Waals surface area contributed by atoms with E-state index >= 15 is 0 Å². The van der Waals surface area contributed by atoms with E-state index in [1.165, 1.54) is 36.4 Å². The zero-order chi connectivity index (χ0) is 15.2. The zero-order valence-electron chi connectivity index (χ0n) is 14.9. The molecule has 0 aromatic carbocycles. The van der Waals surface area contributed by atoms with Crippen molar-refractivity contribution >= 4 is 7.92 Å². The van der Waals surface area contributed by atoms with Crippen molar-refractivity contribution in [3.05, 3.63) is 0 Å². The molecule has 0 amide bonds. The Hall–Kier alpha value is 0.390. The SMILES string of the molecule is CCC1CC2(P(CNC)C34CC5CC6C[C@H](C3)C654)CC3CCC132. The van der Waals surface area contributed by atoms with E-state index in [-0.39, 0.29) is 7.92 Å². The van der Waals surface area contributed by atoms with Crippen LogP contribution in [0.15, 0.2) is 0 Å². The molecule has 23 heavy (non-hydrogen) atoms. The van der Waals surface area contributed by atoms with Crippen LogP contribution in [0.4, 0.5) is 0 Å².